The molecule has 0 amide bonds. The first-order valence-corrected chi connectivity index (χ1v) is 5.53. The highest BCUT2D eigenvalue weighted by Gasteiger charge is 2.12. The Morgan fingerprint density at radius 2 is 1.79 bits per heavy atom. The third-order valence-electron chi connectivity index (χ3n) is 3.26. The van der Waals surface area contributed by atoms with E-state index in [2.05, 4.69) is 29.2 Å². The fraction of sp³-hybridized carbons (Fsp3) is 0.385. The largest absolute Gasteiger partial charge is 0.358 e. The maximum absolute atomic E-state index is 3.56. The molecule has 0 unspecified atom stereocenters. The van der Waals surface area contributed by atoms with Gasteiger partial charge in [0.2, 0.25) is 0 Å². The van der Waals surface area contributed by atoms with Crippen molar-refractivity contribution in [2.45, 2.75) is 32.1 Å². The van der Waals surface area contributed by atoms with E-state index in [1.54, 1.807) is 5.56 Å². The van der Waals surface area contributed by atoms with Crippen LogP contribution in [0.3, 0.4) is 0 Å². The second-order valence-electron chi connectivity index (χ2n) is 4.19. The third kappa shape index (κ3) is 1.16. The first-order chi connectivity index (χ1) is 6.95. The van der Waals surface area contributed by atoms with Gasteiger partial charge in [0, 0.05) is 16.6 Å². The number of aryl methyl sites for hydroxylation is 2. The Labute approximate surface area is 84.1 Å². The zero-order valence-electron chi connectivity index (χ0n) is 8.34. The van der Waals surface area contributed by atoms with E-state index in [9.17, 15) is 0 Å². The first-order valence-electron chi connectivity index (χ1n) is 5.53. The van der Waals surface area contributed by atoms with Gasteiger partial charge in [-0.1, -0.05) is 24.6 Å². The summed E-state index contributed by atoms with van der Waals surface area (Å²) in [4.78, 5) is 3.56. The van der Waals surface area contributed by atoms with Crippen LogP contribution in [0.4, 0.5) is 0 Å². The lowest BCUT2D eigenvalue weighted by atomic mass is 10.1. The Morgan fingerprint density at radius 3 is 2.79 bits per heavy atom. The summed E-state index contributed by atoms with van der Waals surface area (Å²) in [6.07, 6.45) is 6.59. The zero-order chi connectivity index (χ0) is 9.38. The predicted molar refractivity (Wildman–Crippen MR) is 59.6 cm³/mol. The smallest absolute Gasteiger partial charge is 0.0458 e. The molecule has 0 spiro atoms. The van der Waals surface area contributed by atoms with Crippen LogP contribution in [0.1, 0.15) is 30.5 Å². The quantitative estimate of drug-likeness (QED) is 0.605. The number of aromatic amines is 1. The fourth-order valence-corrected chi connectivity index (χ4v) is 2.54. The molecule has 0 atom stereocenters. The van der Waals surface area contributed by atoms with Crippen LogP contribution in [0.25, 0.3) is 10.9 Å². The number of fused-ring (bicyclic) bond motifs is 3. The SMILES string of the molecule is c1ccc2c3c([nH]c2c1)CCCCC3. The highest BCUT2D eigenvalue weighted by molar-refractivity contribution is 5.84. The molecule has 0 aliphatic heterocycles. The number of aromatic nitrogens is 1. The number of H-pyrrole nitrogens is 1. The van der Waals surface area contributed by atoms with Gasteiger partial charge in [-0.05, 0) is 37.3 Å². The van der Waals surface area contributed by atoms with E-state index in [0.29, 0.717) is 0 Å². The van der Waals surface area contributed by atoms with Crippen molar-refractivity contribution in [3.05, 3.63) is 35.5 Å². The van der Waals surface area contributed by atoms with Gasteiger partial charge in [0.1, 0.15) is 0 Å². The summed E-state index contributed by atoms with van der Waals surface area (Å²) in [7, 11) is 0. The lowest BCUT2D eigenvalue weighted by Gasteiger charge is -1.96. The molecule has 1 heteroatoms. The van der Waals surface area contributed by atoms with E-state index in [0.717, 1.165) is 0 Å². The summed E-state index contributed by atoms with van der Waals surface area (Å²) in [5, 5.41) is 1.45. The number of hydrogen-bond donors (Lipinski definition) is 1. The van der Waals surface area contributed by atoms with E-state index in [1.807, 2.05) is 0 Å². The standard InChI is InChI=1S/C13H15N/c1-2-6-10-11-7-4-5-9-13(11)14-12(10)8-3-1/h4-5,7,9,14H,1-3,6,8H2. The van der Waals surface area contributed by atoms with Crippen molar-refractivity contribution in [3.63, 3.8) is 0 Å². The van der Waals surface area contributed by atoms with Gasteiger partial charge in [0.05, 0.1) is 0 Å². The topological polar surface area (TPSA) is 15.8 Å². The van der Waals surface area contributed by atoms with Crippen molar-refractivity contribution in [3.8, 4) is 0 Å². The summed E-state index contributed by atoms with van der Waals surface area (Å²) >= 11 is 0. The molecule has 1 aliphatic rings. The van der Waals surface area contributed by atoms with Gasteiger partial charge in [-0.3, -0.25) is 0 Å². The van der Waals surface area contributed by atoms with Crippen molar-refractivity contribution < 1.29 is 0 Å². The third-order valence-corrected chi connectivity index (χ3v) is 3.26. The van der Waals surface area contributed by atoms with Crippen molar-refractivity contribution >= 4 is 10.9 Å². The number of rotatable bonds is 0. The summed E-state index contributed by atoms with van der Waals surface area (Å²) in [6, 6.07) is 8.68. The highest BCUT2D eigenvalue weighted by atomic mass is 14.7. The van der Waals surface area contributed by atoms with E-state index < -0.39 is 0 Å². The Balaban J connectivity index is 2.24. The predicted octanol–water partition coefficient (Wildman–Crippen LogP) is 3.44. The molecule has 72 valence electrons. The molecular formula is C13H15N. The van der Waals surface area contributed by atoms with Crippen LogP contribution in [0, 0.1) is 0 Å². The normalized spacial score (nSPS) is 16.6. The Bertz CT molecular complexity index is 453. The fourth-order valence-electron chi connectivity index (χ4n) is 2.54. The Morgan fingerprint density at radius 1 is 0.929 bits per heavy atom. The summed E-state index contributed by atoms with van der Waals surface area (Å²) in [6.45, 7) is 0. The van der Waals surface area contributed by atoms with Gasteiger partial charge < -0.3 is 4.98 Å². The average Bonchev–Trinajstić information content (AvgIpc) is 2.42. The number of benzene rings is 1. The lowest BCUT2D eigenvalue weighted by molar-refractivity contribution is 0.708. The average molecular weight is 185 g/mol. The van der Waals surface area contributed by atoms with Gasteiger partial charge in [-0.15, -0.1) is 0 Å². The van der Waals surface area contributed by atoms with Gasteiger partial charge in [0.25, 0.3) is 0 Å². The van der Waals surface area contributed by atoms with Crippen molar-refractivity contribution in [2.24, 2.45) is 0 Å². The molecule has 0 radical (unpaired) electrons. The molecule has 2 aromatic rings. The maximum atomic E-state index is 3.56. The number of para-hydroxylation sites is 1. The minimum atomic E-state index is 1.24. The van der Waals surface area contributed by atoms with Crippen molar-refractivity contribution in [2.75, 3.05) is 0 Å². The van der Waals surface area contributed by atoms with Crippen molar-refractivity contribution in [1.29, 1.82) is 0 Å². The molecule has 1 nitrogen and oxygen atoms in total. The van der Waals surface area contributed by atoms with Crippen LogP contribution < -0.4 is 0 Å². The molecule has 1 aromatic carbocycles. The molecule has 1 aliphatic carbocycles. The minimum Gasteiger partial charge on any atom is -0.358 e. The molecule has 1 aromatic heterocycles. The van der Waals surface area contributed by atoms with E-state index >= 15 is 0 Å². The molecule has 0 saturated heterocycles. The van der Waals surface area contributed by atoms with Gasteiger partial charge in [0.15, 0.2) is 0 Å². The maximum Gasteiger partial charge on any atom is 0.0458 e. The van der Waals surface area contributed by atoms with Crippen LogP contribution in [0.5, 0.6) is 0 Å². The molecular weight excluding hydrogens is 170 g/mol. The van der Waals surface area contributed by atoms with Gasteiger partial charge >= 0.3 is 0 Å². The van der Waals surface area contributed by atoms with E-state index in [4.69, 9.17) is 0 Å². The molecule has 1 N–H and O–H groups in total. The molecule has 0 bridgehead atoms. The van der Waals surface area contributed by atoms with Crippen LogP contribution in [-0.4, -0.2) is 4.98 Å². The number of hydrogen-bond acceptors (Lipinski definition) is 0. The van der Waals surface area contributed by atoms with Gasteiger partial charge in [-0.2, -0.15) is 0 Å². The van der Waals surface area contributed by atoms with Crippen LogP contribution in [-0.2, 0) is 12.8 Å². The second kappa shape index (κ2) is 3.16. The summed E-state index contributed by atoms with van der Waals surface area (Å²) in [5.41, 5.74) is 4.39. The zero-order valence-corrected chi connectivity index (χ0v) is 8.34. The second-order valence-corrected chi connectivity index (χ2v) is 4.19. The monoisotopic (exact) mass is 185 g/mol. The Kier molecular flexibility index (Phi) is 1.83. The molecule has 14 heavy (non-hydrogen) atoms. The minimum absolute atomic E-state index is 1.24. The molecule has 0 fully saturated rings. The van der Waals surface area contributed by atoms with Crippen LogP contribution >= 0.6 is 0 Å². The summed E-state index contributed by atoms with van der Waals surface area (Å²) in [5.74, 6) is 0. The van der Waals surface area contributed by atoms with Crippen molar-refractivity contribution in [1.82, 2.24) is 4.98 Å². The van der Waals surface area contributed by atoms with E-state index in [1.165, 1.54) is 48.7 Å². The molecule has 3 rings (SSSR count). The van der Waals surface area contributed by atoms with Crippen LogP contribution in [0.15, 0.2) is 24.3 Å². The summed E-state index contributed by atoms with van der Waals surface area (Å²) < 4.78 is 0. The van der Waals surface area contributed by atoms with E-state index in [-0.39, 0.29) is 0 Å². The molecule has 0 saturated carbocycles. The highest BCUT2D eigenvalue weighted by Crippen LogP contribution is 2.27. The Hall–Kier alpha value is -1.24. The molecule has 1 heterocycles. The van der Waals surface area contributed by atoms with Gasteiger partial charge in [-0.25, -0.2) is 0 Å². The first kappa shape index (κ1) is 8.10. The lowest BCUT2D eigenvalue weighted by Crippen LogP contribution is -1.86. The number of nitrogens with one attached hydrogen (secondary N) is 1. The van der Waals surface area contributed by atoms with Crippen LogP contribution in [0.2, 0.25) is 0 Å².